The van der Waals surface area contributed by atoms with Gasteiger partial charge in [-0.1, -0.05) is 36.4 Å². The van der Waals surface area contributed by atoms with Crippen LogP contribution in [-0.4, -0.2) is 22.4 Å². The quantitative estimate of drug-likeness (QED) is 0.452. The number of hydrogen-bond donors (Lipinski definition) is 2. The molecule has 2 N–H and O–H groups in total. The summed E-state index contributed by atoms with van der Waals surface area (Å²) in [6.45, 7) is 0.786. The largest absolute Gasteiger partial charge is 0.361 e. The summed E-state index contributed by atoms with van der Waals surface area (Å²) < 4.78 is 0. The van der Waals surface area contributed by atoms with Crippen LogP contribution < -0.4 is 10.6 Å². The number of hydrogen-bond acceptors (Lipinski definition) is 5. The van der Waals surface area contributed by atoms with Crippen LogP contribution in [0.2, 0.25) is 0 Å². The molecule has 0 spiro atoms. The lowest BCUT2D eigenvalue weighted by molar-refractivity contribution is 0.102. The van der Waals surface area contributed by atoms with Crippen molar-refractivity contribution in [3.63, 3.8) is 0 Å². The third-order valence-corrected chi connectivity index (χ3v) is 5.16. The first-order chi connectivity index (χ1) is 14.3. The molecule has 6 heteroatoms. The van der Waals surface area contributed by atoms with Gasteiger partial charge < -0.3 is 10.6 Å². The smallest absolute Gasteiger partial charge is 0.255 e. The average molecular weight is 401 g/mol. The van der Waals surface area contributed by atoms with E-state index in [-0.39, 0.29) is 5.91 Å². The maximum Gasteiger partial charge on any atom is 0.255 e. The van der Waals surface area contributed by atoms with Gasteiger partial charge in [0.05, 0.1) is 5.69 Å². The molecular weight excluding hydrogens is 380 g/mol. The third-order valence-electron chi connectivity index (χ3n) is 4.36. The van der Waals surface area contributed by atoms with E-state index in [1.807, 2.05) is 72.2 Å². The minimum absolute atomic E-state index is 0.119. The highest BCUT2D eigenvalue weighted by molar-refractivity contribution is 7.14. The minimum Gasteiger partial charge on any atom is -0.361 e. The number of thiazole rings is 1. The number of rotatable bonds is 7. The molecule has 1 amide bonds. The van der Waals surface area contributed by atoms with E-state index >= 15 is 0 Å². The molecule has 0 saturated heterocycles. The van der Waals surface area contributed by atoms with Crippen LogP contribution in [0.3, 0.4) is 0 Å². The van der Waals surface area contributed by atoms with Crippen LogP contribution in [0.15, 0.2) is 84.4 Å². The second-order valence-electron chi connectivity index (χ2n) is 6.43. The summed E-state index contributed by atoms with van der Waals surface area (Å²) in [5.74, 6) is -0.119. The molecule has 0 unspecified atom stereocenters. The molecule has 0 bridgehead atoms. The van der Waals surface area contributed by atoms with Crippen molar-refractivity contribution in [2.75, 3.05) is 17.2 Å². The number of pyridine rings is 1. The van der Waals surface area contributed by atoms with Crippen LogP contribution in [0.5, 0.6) is 0 Å². The summed E-state index contributed by atoms with van der Waals surface area (Å²) in [7, 11) is 0. The molecule has 144 valence electrons. The van der Waals surface area contributed by atoms with Crippen molar-refractivity contribution in [3.05, 3.63) is 95.6 Å². The van der Waals surface area contributed by atoms with Gasteiger partial charge in [-0.25, -0.2) is 4.98 Å². The molecule has 0 aliphatic carbocycles. The minimum atomic E-state index is -0.119. The molecular formula is C23H20N4OS. The zero-order valence-electron chi connectivity index (χ0n) is 15.7. The van der Waals surface area contributed by atoms with Crippen molar-refractivity contribution in [2.45, 2.75) is 6.42 Å². The second kappa shape index (κ2) is 9.12. The lowest BCUT2D eigenvalue weighted by Crippen LogP contribution is -2.11. The van der Waals surface area contributed by atoms with Gasteiger partial charge >= 0.3 is 0 Å². The Morgan fingerprint density at radius 1 is 0.931 bits per heavy atom. The number of carbonyl (C=O) groups excluding carboxylic acids is 1. The molecule has 4 aromatic rings. The summed E-state index contributed by atoms with van der Waals surface area (Å²) in [5, 5.41) is 9.17. The Bertz CT molecular complexity index is 1060. The summed E-state index contributed by atoms with van der Waals surface area (Å²) in [4.78, 5) is 21.2. The second-order valence-corrected chi connectivity index (χ2v) is 7.29. The summed E-state index contributed by atoms with van der Waals surface area (Å²) >= 11 is 1.58. The highest BCUT2D eigenvalue weighted by Crippen LogP contribution is 2.26. The fraction of sp³-hybridized carbons (Fsp3) is 0.0870. The van der Waals surface area contributed by atoms with Gasteiger partial charge in [0.25, 0.3) is 5.91 Å². The number of anilines is 2. The summed E-state index contributed by atoms with van der Waals surface area (Å²) in [5.41, 5.74) is 4.38. The van der Waals surface area contributed by atoms with Crippen molar-refractivity contribution < 1.29 is 4.79 Å². The summed E-state index contributed by atoms with van der Waals surface area (Å²) in [6, 6.07) is 22.8. The van der Waals surface area contributed by atoms with Crippen LogP contribution in [0.1, 0.15) is 16.1 Å². The molecule has 29 heavy (non-hydrogen) atoms. The first kappa shape index (κ1) is 18.8. The van der Waals surface area contributed by atoms with Crippen molar-refractivity contribution >= 4 is 28.1 Å². The third kappa shape index (κ3) is 5.06. The van der Waals surface area contributed by atoms with Gasteiger partial charge in [-0.15, -0.1) is 11.3 Å². The van der Waals surface area contributed by atoms with Gasteiger partial charge in [0.2, 0.25) is 0 Å². The molecule has 0 atom stereocenters. The molecule has 0 radical (unpaired) electrons. The van der Waals surface area contributed by atoms with Crippen molar-refractivity contribution in [1.29, 1.82) is 0 Å². The SMILES string of the molecule is O=C(Nc1ccc(-c2csc(NCCc3ccccn3)n2)cc1)c1ccccc1. The van der Waals surface area contributed by atoms with Gasteiger partial charge in [-0.3, -0.25) is 9.78 Å². The number of nitrogens with zero attached hydrogens (tertiary/aromatic N) is 2. The molecule has 5 nitrogen and oxygen atoms in total. The van der Waals surface area contributed by atoms with Crippen LogP contribution in [0, 0.1) is 0 Å². The van der Waals surface area contributed by atoms with E-state index in [1.54, 1.807) is 23.5 Å². The van der Waals surface area contributed by atoms with E-state index in [0.29, 0.717) is 5.56 Å². The van der Waals surface area contributed by atoms with E-state index < -0.39 is 0 Å². The van der Waals surface area contributed by atoms with Gasteiger partial charge in [0, 0.05) is 47.1 Å². The Balaban J connectivity index is 1.34. The Morgan fingerprint density at radius 3 is 2.48 bits per heavy atom. The topological polar surface area (TPSA) is 66.9 Å². The highest BCUT2D eigenvalue weighted by atomic mass is 32.1. The Kier molecular flexibility index (Phi) is 5.92. The lowest BCUT2D eigenvalue weighted by Gasteiger charge is -2.06. The zero-order valence-corrected chi connectivity index (χ0v) is 16.5. The number of aromatic nitrogens is 2. The maximum atomic E-state index is 12.2. The summed E-state index contributed by atoms with van der Waals surface area (Å²) in [6.07, 6.45) is 2.66. The zero-order chi connectivity index (χ0) is 19.9. The van der Waals surface area contributed by atoms with Gasteiger partial charge in [0.1, 0.15) is 0 Å². The molecule has 0 aliphatic rings. The van der Waals surface area contributed by atoms with Crippen molar-refractivity contribution in [1.82, 2.24) is 9.97 Å². The molecule has 4 rings (SSSR count). The fourth-order valence-corrected chi connectivity index (χ4v) is 3.60. The molecule has 0 saturated carbocycles. The van der Waals surface area contributed by atoms with E-state index in [4.69, 9.17) is 0 Å². The molecule has 2 aromatic heterocycles. The average Bonchev–Trinajstić information content (AvgIpc) is 3.24. The number of nitrogens with one attached hydrogen (secondary N) is 2. The van der Waals surface area contributed by atoms with Crippen LogP contribution in [0.4, 0.5) is 10.8 Å². The fourth-order valence-electron chi connectivity index (χ4n) is 2.85. The maximum absolute atomic E-state index is 12.2. The van der Waals surface area contributed by atoms with Gasteiger partial charge in [0.15, 0.2) is 5.13 Å². The predicted molar refractivity (Wildman–Crippen MR) is 118 cm³/mol. The Hall–Kier alpha value is -3.51. The predicted octanol–water partition coefficient (Wildman–Crippen LogP) is 5.11. The Morgan fingerprint density at radius 2 is 1.72 bits per heavy atom. The standard InChI is InChI=1S/C23H20N4OS/c28-22(18-6-2-1-3-7-18)26-20-11-9-17(10-12-20)21-16-29-23(27-21)25-15-13-19-8-4-5-14-24-19/h1-12,14,16H,13,15H2,(H,25,27)(H,26,28). The molecule has 2 heterocycles. The lowest BCUT2D eigenvalue weighted by atomic mass is 10.1. The number of amides is 1. The highest BCUT2D eigenvalue weighted by Gasteiger charge is 2.07. The van der Waals surface area contributed by atoms with E-state index in [0.717, 1.165) is 40.7 Å². The van der Waals surface area contributed by atoms with E-state index in [2.05, 4.69) is 20.6 Å². The van der Waals surface area contributed by atoms with Crippen molar-refractivity contribution in [2.24, 2.45) is 0 Å². The number of benzene rings is 2. The van der Waals surface area contributed by atoms with Crippen LogP contribution in [0.25, 0.3) is 11.3 Å². The van der Waals surface area contributed by atoms with Crippen molar-refractivity contribution in [3.8, 4) is 11.3 Å². The van der Waals surface area contributed by atoms with E-state index in [9.17, 15) is 4.79 Å². The number of carbonyl (C=O) groups is 1. The molecule has 0 fully saturated rings. The molecule has 2 aromatic carbocycles. The first-order valence-electron chi connectivity index (χ1n) is 9.34. The molecule has 0 aliphatic heterocycles. The van der Waals surface area contributed by atoms with Gasteiger partial charge in [-0.05, 0) is 36.4 Å². The van der Waals surface area contributed by atoms with Gasteiger partial charge in [-0.2, -0.15) is 0 Å². The normalized spacial score (nSPS) is 10.5. The van der Waals surface area contributed by atoms with Crippen LogP contribution >= 0.6 is 11.3 Å². The first-order valence-corrected chi connectivity index (χ1v) is 10.2. The monoisotopic (exact) mass is 400 g/mol. The van der Waals surface area contributed by atoms with E-state index in [1.165, 1.54) is 0 Å². The van der Waals surface area contributed by atoms with Crippen LogP contribution in [-0.2, 0) is 6.42 Å². The Labute approximate surface area is 173 Å².